The van der Waals surface area contributed by atoms with Gasteiger partial charge in [-0.2, -0.15) is 0 Å². The second-order valence-electron chi connectivity index (χ2n) is 4.12. The van der Waals surface area contributed by atoms with E-state index in [0.29, 0.717) is 0 Å². The number of likely N-dealkylation sites (N-methyl/N-ethyl adjacent to an activating group) is 1. The van der Waals surface area contributed by atoms with E-state index in [9.17, 15) is 0 Å². The molecular weight excluding hydrogens is 214 g/mol. The molecule has 0 saturated carbocycles. The maximum absolute atomic E-state index is 5.76. The van der Waals surface area contributed by atoms with Gasteiger partial charge in [0.15, 0.2) is 0 Å². The van der Waals surface area contributed by atoms with Gasteiger partial charge in [-0.3, -0.25) is 0 Å². The number of methoxy groups -OCH3 is 1. The quantitative estimate of drug-likeness (QED) is 0.791. The van der Waals surface area contributed by atoms with E-state index in [0.717, 1.165) is 18.8 Å². The largest absolute Gasteiger partial charge is 0.497 e. The number of nitrogens with one attached hydrogen (secondary N) is 1. The van der Waals surface area contributed by atoms with E-state index in [2.05, 4.69) is 31.3 Å². The first-order valence-corrected chi connectivity index (χ1v) is 6.15. The average Bonchev–Trinajstić information content (AvgIpc) is 2.38. The number of hydrogen-bond donors (Lipinski definition) is 1. The fourth-order valence-corrected chi connectivity index (χ4v) is 1.88. The molecule has 1 aromatic carbocycles. The summed E-state index contributed by atoms with van der Waals surface area (Å²) in [6.07, 6.45) is 1.21. The first-order valence-electron chi connectivity index (χ1n) is 6.15. The fourth-order valence-electron chi connectivity index (χ4n) is 1.88. The Hall–Kier alpha value is -1.06. The molecule has 0 fully saturated rings. The minimum Gasteiger partial charge on any atom is -0.497 e. The minimum absolute atomic E-state index is 0.161. The topological polar surface area (TPSA) is 30.5 Å². The normalized spacial score (nSPS) is 14.4. The molecule has 0 bridgehead atoms. The zero-order chi connectivity index (χ0) is 12.7. The van der Waals surface area contributed by atoms with Crippen molar-refractivity contribution in [3.8, 4) is 5.75 Å². The van der Waals surface area contributed by atoms with E-state index < -0.39 is 0 Å². The molecule has 0 spiro atoms. The second-order valence-corrected chi connectivity index (χ2v) is 4.12. The molecule has 0 heterocycles. The van der Waals surface area contributed by atoms with Gasteiger partial charge in [0.2, 0.25) is 0 Å². The molecule has 3 heteroatoms. The van der Waals surface area contributed by atoms with E-state index in [4.69, 9.17) is 9.47 Å². The van der Waals surface area contributed by atoms with Crippen molar-refractivity contribution in [1.29, 1.82) is 0 Å². The highest BCUT2D eigenvalue weighted by Crippen LogP contribution is 2.21. The molecule has 0 aromatic heterocycles. The Morgan fingerprint density at radius 2 is 1.88 bits per heavy atom. The minimum atomic E-state index is 0.161. The van der Waals surface area contributed by atoms with Crippen molar-refractivity contribution in [2.75, 3.05) is 20.8 Å². The molecule has 1 aromatic rings. The van der Waals surface area contributed by atoms with E-state index in [1.807, 2.05) is 19.2 Å². The molecule has 17 heavy (non-hydrogen) atoms. The highest BCUT2D eigenvalue weighted by atomic mass is 16.5. The zero-order valence-electron chi connectivity index (χ0n) is 11.2. The summed E-state index contributed by atoms with van der Waals surface area (Å²) < 4.78 is 10.9. The first kappa shape index (κ1) is 14.0. The van der Waals surface area contributed by atoms with Gasteiger partial charge < -0.3 is 14.8 Å². The van der Waals surface area contributed by atoms with Crippen molar-refractivity contribution >= 4 is 0 Å². The Morgan fingerprint density at radius 1 is 1.24 bits per heavy atom. The maximum Gasteiger partial charge on any atom is 0.118 e. The molecule has 0 saturated heterocycles. The van der Waals surface area contributed by atoms with Crippen molar-refractivity contribution in [2.45, 2.75) is 32.4 Å². The number of benzene rings is 1. The van der Waals surface area contributed by atoms with Crippen LogP contribution in [0.2, 0.25) is 0 Å². The van der Waals surface area contributed by atoms with Crippen LogP contribution < -0.4 is 10.1 Å². The fraction of sp³-hybridized carbons (Fsp3) is 0.571. The highest BCUT2D eigenvalue weighted by Gasteiger charge is 2.17. The molecule has 1 N–H and O–H groups in total. The van der Waals surface area contributed by atoms with Crippen LogP contribution in [0.3, 0.4) is 0 Å². The average molecular weight is 237 g/mol. The molecule has 0 aliphatic heterocycles. The molecule has 3 nitrogen and oxygen atoms in total. The van der Waals surface area contributed by atoms with Crippen molar-refractivity contribution < 1.29 is 9.47 Å². The van der Waals surface area contributed by atoms with Crippen LogP contribution in [0.1, 0.15) is 31.9 Å². The molecule has 96 valence electrons. The van der Waals surface area contributed by atoms with Gasteiger partial charge in [-0.1, -0.05) is 19.1 Å². The summed E-state index contributed by atoms with van der Waals surface area (Å²) in [6, 6.07) is 8.32. The van der Waals surface area contributed by atoms with Gasteiger partial charge in [0.25, 0.3) is 0 Å². The van der Waals surface area contributed by atoms with Gasteiger partial charge in [-0.25, -0.2) is 0 Å². The molecule has 1 rings (SSSR count). The van der Waals surface area contributed by atoms with Crippen molar-refractivity contribution in [3.63, 3.8) is 0 Å². The van der Waals surface area contributed by atoms with Crippen LogP contribution in [0, 0.1) is 0 Å². The number of hydrogen-bond acceptors (Lipinski definition) is 3. The number of ether oxygens (including phenoxy) is 2. The van der Waals surface area contributed by atoms with Crippen molar-refractivity contribution in [3.05, 3.63) is 29.8 Å². The van der Waals surface area contributed by atoms with Gasteiger partial charge in [0.05, 0.1) is 19.3 Å². The Kier molecular flexibility index (Phi) is 6.01. The van der Waals surface area contributed by atoms with Crippen LogP contribution >= 0.6 is 0 Å². The SMILES string of the molecule is CCCOC(C)C(NC)c1ccc(OC)cc1. The Morgan fingerprint density at radius 3 is 2.35 bits per heavy atom. The van der Waals surface area contributed by atoms with Crippen LogP contribution in [-0.4, -0.2) is 26.9 Å². The van der Waals surface area contributed by atoms with Crippen LogP contribution in [0.15, 0.2) is 24.3 Å². The van der Waals surface area contributed by atoms with Gasteiger partial charge >= 0.3 is 0 Å². The molecule has 2 unspecified atom stereocenters. The molecule has 0 aliphatic rings. The van der Waals surface area contributed by atoms with Crippen LogP contribution in [-0.2, 0) is 4.74 Å². The summed E-state index contributed by atoms with van der Waals surface area (Å²) in [4.78, 5) is 0. The van der Waals surface area contributed by atoms with E-state index >= 15 is 0 Å². The Labute approximate surface area is 104 Å². The van der Waals surface area contributed by atoms with Crippen LogP contribution in [0.25, 0.3) is 0 Å². The third kappa shape index (κ3) is 4.02. The van der Waals surface area contributed by atoms with Crippen LogP contribution in [0.4, 0.5) is 0 Å². The van der Waals surface area contributed by atoms with E-state index in [1.54, 1.807) is 7.11 Å². The smallest absolute Gasteiger partial charge is 0.118 e. The van der Waals surface area contributed by atoms with Crippen LogP contribution in [0.5, 0.6) is 5.75 Å². The van der Waals surface area contributed by atoms with Gasteiger partial charge in [-0.05, 0) is 38.1 Å². The lowest BCUT2D eigenvalue weighted by atomic mass is 10.0. The van der Waals surface area contributed by atoms with Gasteiger partial charge in [0, 0.05) is 6.61 Å². The van der Waals surface area contributed by atoms with Gasteiger partial charge in [0.1, 0.15) is 5.75 Å². The number of rotatable bonds is 7. The van der Waals surface area contributed by atoms with E-state index in [-0.39, 0.29) is 12.1 Å². The van der Waals surface area contributed by atoms with Gasteiger partial charge in [-0.15, -0.1) is 0 Å². The van der Waals surface area contributed by atoms with Crippen molar-refractivity contribution in [1.82, 2.24) is 5.32 Å². The summed E-state index contributed by atoms with van der Waals surface area (Å²) >= 11 is 0. The summed E-state index contributed by atoms with van der Waals surface area (Å²) in [5.41, 5.74) is 1.22. The molecule has 0 aliphatic carbocycles. The molecule has 0 amide bonds. The lowest BCUT2D eigenvalue weighted by Gasteiger charge is -2.24. The predicted molar refractivity (Wildman–Crippen MR) is 70.5 cm³/mol. The first-order chi connectivity index (χ1) is 8.22. The monoisotopic (exact) mass is 237 g/mol. The standard InChI is InChI=1S/C14H23NO2/c1-5-10-17-11(2)14(15-3)12-6-8-13(16-4)9-7-12/h6-9,11,14-15H,5,10H2,1-4H3. The summed E-state index contributed by atoms with van der Waals surface area (Å²) in [6.45, 7) is 5.02. The highest BCUT2D eigenvalue weighted by molar-refractivity contribution is 5.29. The Bertz CT molecular complexity index is 311. The molecule has 2 atom stereocenters. The molecule has 0 radical (unpaired) electrons. The zero-order valence-corrected chi connectivity index (χ0v) is 11.2. The molecular formula is C14H23NO2. The van der Waals surface area contributed by atoms with Crippen molar-refractivity contribution in [2.24, 2.45) is 0 Å². The lowest BCUT2D eigenvalue weighted by molar-refractivity contribution is 0.0408. The second kappa shape index (κ2) is 7.30. The summed E-state index contributed by atoms with van der Waals surface area (Å²) in [7, 11) is 3.64. The Balaban J connectivity index is 2.70. The third-order valence-electron chi connectivity index (χ3n) is 2.84. The maximum atomic E-state index is 5.76. The third-order valence-corrected chi connectivity index (χ3v) is 2.84. The summed E-state index contributed by atoms with van der Waals surface area (Å²) in [5, 5.41) is 3.30. The lowest BCUT2D eigenvalue weighted by Crippen LogP contribution is -2.29. The summed E-state index contributed by atoms with van der Waals surface area (Å²) in [5.74, 6) is 0.880. The van der Waals surface area contributed by atoms with E-state index in [1.165, 1.54) is 5.56 Å². The predicted octanol–water partition coefficient (Wildman–Crippen LogP) is 2.77.